The van der Waals surface area contributed by atoms with Crippen molar-refractivity contribution in [2.24, 2.45) is 0 Å². The third-order valence-electron chi connectivity index (χ3n) is 4.93. The topological polar surface area (TPSA) is 156 Å². The highest BCUT2D eigenvalue weighted by Gasteiger charge is 2.19. The number of benzene rings is 1. The number of para-hydroxylation sites is 2. The molecule has 4 amide bonds. The van der Waals surface area contributed by atoms with Gasteiger partial charge in [-0.2, -0.15) is 0 Å². The monoisotopic (exact) mass is 502 g/mol. The predicted molar refractivity (Wildman–Crippen MR) is 134 cm³/mol. The second-order valence-electron chi connectivity index (χ2n) is 7.56. The van der Waals surface area contributed by atoms with E-state index in [1.807, 2.05) is 0 Å². The predicted octanol–water partition coefficient (Wildman–Crippen LogP) is 2.05. The van der Waals surface area contributed by atoms with E-state index in [-0.39, 0.29) is 25.3 Å². The normalized spacial score (nSPS) is 11.1. The summed E-state index contributed by atoms with van der Waals surface area (Å²) in [6.45, 7) is 0.0755. The van der Waals surface area contributed by atoms with Crippen molar-refractivity contribution in [1.29, 1.82) is 0 Å². The van der Waals surface area contributed by atoms with Gasteiger partial charge in [-0.3, -0.25) is 23.7 Å². The van der Waals surface area contributed by atoms with E-state index < -0.39 is 23.9 Å². The van der Waals surface area contributed by atoms with Gasteiger partial charge in [0.2, 0.25) is 11.8 Å². The van der Waals surface area contributed by atoms with Gasteiger partial charge in [0.1, 0.15) is 0 Å². The van der Waals surface area contributed by atoms with E-state index in [0.29, 0.717) is 36.3 Å². The molecule has 12 heteroatoms. The van der Waals surface area contributed by atoms with Gasteiger partial charge in [-0.15, -0.1) is 0 Å². The van der Waals surface area contributed by atoms with Gasteiger partial charge in [-0.05, 0) is 36.6 Å². The zero-order valence-electron chi connectivity index (χ0n) is 19.4. The molecular weight excluding hydrogens is 472 g/mol. The maximum absolute atomic E-state index is 12.3. The standard InChI is InChI=1S/C23H30N6O5S/c1-34-22(32)13-19(16-7-6-11-25-14-16)27-21(31)15-26-20(30)10-4-5-12-29(35)23(33)28-18-9-3-2-8-17(18)24/h2-3,6-9,11,14,19,35H,4-5,10,12-13,15,24H2,1H3,(H,26,30)(H,27,31)(H,28,33)/t19-/m0/s1. The van der Waals surface area contributed by atoms with Crippen LogP contribution >= 0.6 is 12.8 Å². The van der Waals surface area contributed by atoms with Crippen LogP contribution in [0, 0.1) is 0 Å². The lowest BCUT2D eigenvalue weighted by Gasteiger charge is -2.18. The number of unbranched alkanes of at least 4 members (excludes halogenated alkanes) is 1. The summed E-state index contributed by atoms with van der Waals surface area (Å²) in [5.74, 6) is -1.24. The van der Waals surface area contributed by atoms with Crippen molar-refractivity contribution in [3.63, 3.8) is 0 Å². The van der Waals surface area contributed by atoms with Crippen LogP contribution in [-0.2, 0) is 19.1 Å². The van der Waals surface area contributed by atoms with Crippen molar-refractivity contribution in [2.45, 2.75) is 31.7 Å². The molecule has 0 aliphatic carbocycles. The lowest BCUT2D eigenvalue weighted by molar-refractivity contribution is -0.141. The molecule has 0 saturated heterocycles. The van der Waals surface area contributed by atoms with Gasteiger partial charge in [0.15, 0.2) is 0 Å². The number of anilines is 2. The number of aromatic nitrogens is 1. The van der Waals surface area contributed by atoms with Crippen molar-refractivity contribution in [3.05, 3.63) is 54.4 Å². The Hall–Kier alpha value is -3.80. The number of urea groups is 1. The fraction of sp³-hybridized carbons (Fsp3) is 0.348. The molecule has 11 nitrogen and oxygen atoms in total. The number of rotatable bonds is 12. The van der Waals surface area contributed by atoms with Gasteiger partial charge in [0, 0.05) is 25.4 Å². The molecule has 0 saturated carbocycles. The number of esters is 1. The van der Waals surface area contributed by atoms with Crippen molar-refractivity contribution >= 4 is 48.0 Å². The first kappa shape index (κ1) is 27.4. The van der Waals surface area contributed by atoms with Crippen molar-refractivity contribution in [1.82, 2.24) is 19.9 Å². The number of nitrogens with two attached hydrogens (primary N) is 1. The Bertz CT molecular complexity index is 1010. The molecule has 0 aliphatic heterocycles. The number of nitrogens with zero attached hydrogens (tertiary/aromatic N) is 2. The first-order chi connectivity index (χ1) is 16.8. The van der Waals surface area contributed by atoms with E-state index in [0.717, 1.165) is 0 Å². The van der Waals surface area contributed by atoms with Crippen LogP contribution in [0.25, 0.3) is 0 Å². The summed E-state index contributed by atoms with van der Waals surface area (Å²) in [6.07, 6.45) is 4.27. The maximum Gasteiger partial charge on any atom is 0.331 e. The number of carbonyl (C=O) groups excluding carboxylic acids is 4. The summed E-state index contributed by atoms with van der Waals surface area (Å²) in [5.41, 5.74) is 7.39. The van der Waals surface area contributed by atoms with Crippen molar-refractivity contribution < 1.29 is 23.9 Å². The fourth-order valence-corrected chi connectivity index (χ4v) is 3.23. The second-order valence-corrected chi connectivity index (χ2v) is 8.04. The van der Waals surface area contributed by atoms with Crippen LogP contribution in [0.15, 0.2) is 48.8 Å². The molecule has 1 heterocycles. The summed E-state index contributed by atoms with van der Waals surface area (Å²) in [5, 5.41) is 7.92. The van der Waals surface area contributed by atoms with Crippen LogP contribution in [-0.4, -0.2) is 53.3 Å². The lowest BCUT2D eigenvalue weighted by atomic mass is 10.1. The zero-order valence-corrected chi connectivity index (χ0v) is 20.3. The average Bonchev–Trinajstić information content (AvgIpc) is 2.86. The smallest absolute Gasteiger partial charge is 0.331 e. The lowest BCUT2D eigenvalue weighted by Crippen LogP contribution is -2.39. The number of nitrogen functional groups attached to an aromatic ring is 1. The quantitative estimate of drug-likeness (QED) is 0.129. The largest absolute Gasteiger partial charge is 0.469 e. The first-order valence-electron chi connectivity index (χ1n) is 10.9. The van der Waals surface area contributed by atoms with Crippen molar-refractivity contribution in [3.8, 4) is 0 Å². The Kier molecular flexibility index (Phi) is 11.3. The molecule has 0 radical (unpaired) electrons. The van der Waals surface area contributed by atoms with Crippen LogP contribution in [0.5, 0.6) is 0 Å². The van der Waals surface area contributed by atoms with Crippen LogP contribution < -0.4 is 21.7 Å². The van der Waals surface area contributed by atoms with Crippen LogP contribution in [0.4, 0.5) is 16.2 Å². The highest BCUT2D eigenvalue weighted by molar-refractivity contribution is 7.78. The average molecular weight is 503 g/mol. The van der Waals surface area contributed by atoms with Gasteiger partial charge >= 0.3 is 12.0 Å². The van der Waals surface area contributed by atoms with E-state index in [4.69, 9.17) is 5.73 Å². The number of methoxy groups -OCH3 is 1. The summed E-state index contributed by atoms with van der Waals surface area (Å²) in [7, 11) is 1.27. The summed E-state index contributed by atoms with van der Waals surface area (Å²) in [4.78, 5) is 52.2. The molecular formula is C23H30N6O5S. The second kappa shape index (κ2) is 14.5. The molecule has 0 fully saturated rings. The molecule has 0 spiro atoms. The highest BCUT2D eigenvalue weighted by atomic mass is 32.1. The van der Waals surface area contributed by atoms with Gasteiger partial charge in [0.05, 0.1) is 37.5 Å². The van der Waals surface area contributed by atoms with E-state index in [1.54, 1.807) is 48.8 Å². The molecule has 2 rings (SSSR count). The van der Waals surface area contributed by atoms with Crippen LogP contribution in [0.2, 0.25) is 0 Å². The number of carbonyl (C=O) groups is 4. The van der Waals surface area contributed by atoms with Gasteiger partial charge in [-0.25, -0.2) is 4.79 Å². The van der Waals surface area contributed by atoms with Crippen molar-refractivity contribution in [2.75, 3.05) is 31.2 Å². The number of amides is 4. The molecule has 35 heavy (non-hydrogen) atoms. The Morgan fingerprint density at radius 3 is 2.57 bits per heavy atom. The van der Waals surface area contributed by atoms with E-state index >= 15 is 0 Å². The Balaban J connectivity index is 1.68. The van der Waals surface area contributed by atoms with E-state index in [1.165, 1.54) is 11.4 Å². The third kappa shape index (κ3) is 9.92. The molecule has 0 bridgehead atoms. The zero-order chi connectivity index (χ0) is 25.6. The summed E-state index contributed by atoms with van der Waals surface area (Å²) < 4.78 is 5.89. The minimum absolute atomic E-state index is 0.0629. The first-order valence-corrected chi connectivity index (χ1v) is 11.3. The van der Waals surface area contributed by atoms with Gasteiger partial charge < -0.3 is 26.4 Å². The molecule has 1 aromatic heterocycles. The molecule has 0 unspecified atom stereocenters. The molecule has 2 aromatic rings. The maximum atomic E-state index is 12.3. The number of ether oxygens (including phenoxy) is 1. The Morgan fingerprint density at radius 1 is 1.11 bits per heavy atom. The summed E-state index contributed by atoms with van der Waals surface area (Å²) >= 11 is 4.16. The SMILES string of the molecule is COC(=O)C[C@H](NC(=O)CNC(=O)CCCCN(S)C(=O)Nc1ccccc1N)c1cccnc1. The van der Waals surface area contributed by atoms with Gasteiger partial charge in [0.25, 0.3) is 0 Å². The third-order valence-corrected chi connectivity index (χ3v) is 5.31. The fourth-order valence-electron chi connectivity index (χ4n) is 3.04. The molecule has 188 valence electrons. The molecule has 1 aromatic carbocycles. The molecule has 5 N–H and O–H groups in total. The number of pyridine rings is 1. The van der Waals surface area contributed by atoms with Crippen LogP contribution in [0.3, 0.4) is 0 Å². The number of hydrogen-bond acceptors (Lipinski definition) is 8. The molecule has 0 aliphatic rings. The van der Waals surface area contributed by atoms with E-state index in [9.17, 15) is 19.2 Å². The number of hydrogen-bond donors (Lipinski definition) is 5. The van der Waals surface area contributed by atoms with Crippen LogP contribution in [0.1, 0.15) is 37.3 Å². The highest BCUT2D eigenvalue weighted by Crippen LogP contribution is 2.18. The number of nitrogens with one attached hydrogen (secondary N) is 3. The minimum atomic E-state index is -0.626. The molecule has 1 atom stereocenters. The Labute approximate surface area is 209 Å². The number of thiol groups is 1. The Morgan fingerprint density at radius 2 is 1.89 bits per heavy atom. The minimum Gasteiger partial charge on any atom is -0.469 e. The van der Waals surface area contributed by atoms with Gasteiger partial charge in [-0.1, -0.05) is 31.0 Å². The summed E-state index contributed by atoms with van der Waals surface area (Å²) in [6, 6.07) is 9.26. The van der Waals surface area contributed by atoms with E-state index in [2.05, 4.69) is 38.5 Å².